The van der Waals surface area contributed by atoms with Gasteiger partial charge >= 0.3 is 0 Å². The third kappa shape index (κ3) is 6.75. The van der Waals surface area contributed by atoms with Gasteiger partial charge < -0.3 is 15.1 Å². The number of pyridine rings is 1. The van der Waals surface area contributed by atoms with Crippen molar-refractivity contribution >= 4 is 72.1 Å². The molecule has 1 aromatic heterocycles. The van der Waals surface area contributed by atoms with Gasteiger partial charge in [0.2, 0.25) is 5.91 Å². The number of hydrogen-bond acceptors (Lipinski definition) is 5. The standard InChI is InChI=1S/C15H21Cl2N5O.3ClH/c16-12-9-13(17)15(19-10-12)22-7-5-21(6-8-22)14(23)11-20-3-1-18-2-4-20;;;/h9-10,18H,1-8,11H2;3*1H. The van der Waals surface area contributed by atoms with Crippen molar-refractivity contribution in [1.82, 2.24) is 20.1 Å². The van der Waals surface area contributed by atoms with E-state index in [9.17, 15) is 4.79 Å². The van der Waals surface area contributed by atoms with Gasteiger partial charge in [-0.1, -0.05) is 23.2 Å². The summed E-state index contributed by atoms with van der Waals surface area (Å²) in [6.45, 7) is 7.19. The van der Waals surface area contributed by atoms with Gasteiger partial charge in [0.25, 0.3) is 0 Å². The van der Waals surface area contributed by atoms with Crippen molar-refractivity contribution < 1.29 is 4.79 Å². The third-order valence-corrected chi connectivity index (χ3v) is 4.77. The average molecular weight is 468 g/mol. The highest BCUT2D eigenvalue weighted by Gasteiger charge is 2.24. The molecule has 1 amide bonds. The lowest BCUT2D eigenvalue weighted by Gasteiger charge is -2.37. The van der Waals surface area contributed by atoms with Crippen LogP contribution < -0.4 is 10.2 Å². The zero-order valence-corrected chi connectivity index (χ0v) is 18.2. The highest BCUT2D eigenvalue weighted by Crippen LogP contribution is 2.26. The van der Waals surface area contributed by atoms with Crippen LogP contribution in [0.2, 0.25) is 10.0 Å². The van der Waals surface area contributed by atoms with Gasteiger partial charge in [0.15, 0.2) is 0 Å². The van der Waals surface area contributed by atoms with E-state index in [1.54, 1.807) is 12.3 Å². The largest absolute Gasteiger partial charge is 0.352 e. The highest BCUT2D eigenvalue weighted by atomic mass is 35.5. The number of carbonyl (C=O) groups is 1. The van der Waals surface area contributed by atoms with Crippen LogP contribution in [0, 0.1) is 0 Å². The van der Waals surface area contributed by atoms with Crippen LogP contribution in [0.5, 0.6) is 0 Å². The van der Waals surface area contributed by atoms with E-state index in [-0.39, 0.29) is 43.1 Å². The normalized spacial score (nSPS) is 17.6. The van der Waals surface area contributed by atoms with Crippen molar-refractivity contribution in [2.24, 2.45) is 0 Å². The van der Waals surface area contributed by atoms with Gasteiger partial charge in [-0.25, -0.2) is 4.98 Å². The quantitative estimate of drug-likeness (QED) is 0.739. The summed E-state index contributed by atoms with van der Waals surface area (Å²) in [6.07, 6.45) is 1.60. The first-order valence-corrected chi connectivity index (χ1v) is 8.66. The number of hydrogen-bond donors (Lipinski definition) is 1. The molecule has 0 aliphatic carbocycles. The SMILES string of the molecule is Cl.Cl.Cl.O=C(CN1CCNCC1)N1CCN(c2ncc(Cl)cc2Cl)CC1. The topological polar surface area (TPSA) is 51.7 Å². The van der Waals surface area contributed by atoms with E-state index in [1.165, 1.54) is 0 Å². The van der Waals surface area contributed by atoms with Crippen LogP contribution in [0.15, 0.2) is 12.3 Å². The van der Waals surface area contributed by atoms with Crippen molar-refractivity contribution in [3.05, 3.63) is 22.3 Å². The summed E-state index contributed by atoms with van der Waals surface area (Å²) in [7, 11) is 0. The van der Waals surface area contributed by atoms with Crippen molar-refractivity contribution in [1.29, 1.82) is 0 Å². The summed E-state index contributed by atoms with van der Waals surface area (Å²) in [5.74, 6) is 0.951. The van der Waals surface area contributed by atoms with Crippen LogP contribution in [0.3, 0.4) is 0 Å². The second kappa shape index (κ2) is 12.3. The Morgan fingerprint density at radius 3 is 2.23 bits per heavy atom. The number of rotatable bonds is 3. The number of anilines is 1. The molecular weight excluding hydrogens is 443 g/mol. The number of halogens is 5. The molecule has 150 valence electrons. The van der Waals surface area contributed by atoms with Crippen molar-refractivity contribution in [3.63, 3.8) is 0 Å². The lowest BCUT2D eigenvalue weighted by Crippen LogP contribution is -2.53. The highest BCUT2D eigenvalue weighted by molar-refractivity contribution is 6.36. The Balaban J connectivity index is 0.00000208. The van der Waals surface area contributed by atoms with E-state index in [2.05, 4.69) is 20.1 Å². The number of nitrogens with one attached hydrogen (secondary N) is 1. The lowest BCUT2D eigenvalue weighted by atomic mass is 10.2. The maximum Gasteiger partial charge on any atom is 0.236 e. The minimum Gasteiger partial charge on any atom is -0.352 e. The fourth-order valence-corrected chi connectivity index (χ4v) is 3.47. The number of piperazine rings is 2. The summed E-state index contributed by atoms with van der Waals surface area (Å²) in [4.78, 5) is 23.0. The molecule has 0 atom stereocenters. The van der Waals surface area contributed by atoms with Gasteiger partial charge in [0, 0.05) is 58.6 Å². The van der Waals surface area contributed by atoms with E-state index in [0.29, 0.717) is 29.7 Å². The molecule has 2 aliphatic heterocycles. The molecule has 11 heteroatoms. The van der Waals surface area contributed by atoms with Crippen molar-refractivity contribution in [2.75, 3.05) is 63.8 Å². The molecule has 2 saturated heterocycles. The number of nitrogens with zero attached hydrogens (tertiary/aromatic N) is 4. The van der Waals surface area contributed by atoms with Gasteiger partial charge in [-0.2, -0.15) is 0 Å². The Labute approximate surface area is 182 Å². The molecule has 6 nitrogen and oxygen atoms in total. The Hall–Kier alpha value is -0.210. The summed E-state index contributed by atoms with van der Waals surface area (Å²) in [6, 6.07) is 1.70. The van der Waals surface area contributed by atoms with E-state index in [4.69, 9.17) is 23.2 Å². The molecule has 2 fully saturated rings. The molecule has 2 aliphatic rings. The van der Waals surface area contributed by atoms with E-state index < -0.39 is 0 Å². The Bertz CT molecular complexity index is 565. The summed E-state index contributed by atoms with van der Waals surface area (Å²) in [5.41, 5.74) is 0. The molecule has 1 aromatic rings. The second-order valence-electron chi connectivity index (χ2n) is 5.85. The Kier molecular flexibility index (Phi) is 12.2. The summed E-state index contributed by atoms with van der Waals surface area (Å²) in [5, 5.41) is 4.38. The second-order valence-corrected chi connectivity index (χ2v) is 6.70. The third-order valence-electron chi connectivity index (χ3n) is 4.29. The average Bonchev–Trinajstić information content (AvgIpc) is 2.56. The summed E-state index contributed by atoms with van der Waals surface area (Å²) >= 11 is 12.1. The fraction of sp³-hybridized carbons (Fsp3) is 0.600. The smallest absolute Gasteiger partial charge is 0.236 e. The van der Waals surface area contributed by atoms with E-state index >= 15 is 0 Å². The number of amides is 1. The van der Waals surface area contributed by atoms with Gasteiger partial charge in [-0.15, -0.1) is 37.2 Å². The van der Waals surface area contributed by atoms with Crippen LogP contribution >= 0.6 is 60.4 Å². The van der Waals surface area contributed by atoms with Gasteiger partial charge in [0.05, 0.1) is 16.6 Å². The minimum atomic E-state index is 0. The monoisotopic (exact) mass is 465 g/mol. The minimum absolute atomic E-state index is 0. The zero-order valence-electron chi connectivity index (χ0n) is 14.2. The predicted molar refractivity (Wildman–Crippen MR) is 114 cm³/mol. The molecule has 0 unspecified atom stereocenters. The van der Waals surface area contributed by atoms with Crippen molar-refractivity contribution in [2.45, 2.75) is 0 Å². The molecule has 0 radical (unpaired) electrons. The Morgan fingerprint density at radius 1 is 1.04 bits per heavy atom. The van der Waals surface area contributed by atoms with Gasteiger partial charge in [-0.3, -0.25) is 9.69 Å². The van der Waals surface area contributed by atoms with E-state index in [0.717, 1.165) is 45.1 Å². The van der Waals surface area contributed by atoms with Crippen LogP contribution in [0.1, 0.15) is 0 Å². The predicted octanol–water partition coefficient (Wildman–Crippen LogP) is 2.21. The molecule has 0 spiro atoms. The first-order valence-electron chi connectivity index (χ1n) is 7.90. The maximum atomic E-state index is 12.4. The molecule has 0 aromatic carbocycles. The molecule has 26 heavy (non-hydrogen) atoms. The molecule has 3 rings (SSSR count). The first kappa shape index (κ1) is 25.8. The first-order chi connectivity index (χ1) is 11.1. The molecule has 0 saturated carbocycles. The number of aromatic nitrogens is 1. The Morgan fingerprint density at radius 2 is 1.65 bits per heavy atom. The van der Waals surface area contributed by atoms with Crippen LogP contribution in [0.4, 0.5) is 5.82 Å². The van der Waals surface area contributed by atoms with Crippen LogP contribution in [-0.4, -0.2) is 79.6 Å². The fourth-order valence-electron chi connectivity index (χ4n) is 2.97. The molecule has 1 N–H and O–H groups in total. The van der Waals surface area contributed by atoms with Crippen molar-refractivity contribution in [3.8, 4) is 0 Å². The lowest BCUT2D eigenvalue weighted by molar-refractivity contribution is -0.132. The van der Waals surface area contributed by atoms with Crippen LogP contribution in [0.25, 0.3) is 0 Å². The van der Waals surface area contributed by atoms with E-state index in [1.807, 2.05) is 4.90 Å². The molecule has 3 heterocycles. The summed E-state index contributed by atoms with van der Waals surface area (Å²) < 4.78 is 0. The number of carbonyl (C=O) groups excluding carboxylic acids is 1. The zero-order chi connectivity index (χ0) is 16.2. The van der Waals surface area contributed by atoms with Crippen LogP contribution in [-0.2, 0) is 4.79 Å². The van der Waals surface area contributed by atoms with Gasteiger partial charge in [0.1, 0.15) is 5.82 Å². The maximum absolute atomic E-state index is 12.4. The molecule has 0 bridgehead atoms. The van der Waals surface area contributed by atoms with Gasteiger partial charge in [-0.05, 0) is 6.07 Å². The molecular formula is C15H24Cl5N5O.